The quantitative estimate of drug-likeness (QED) is 0.385. The van der Waals surface area contributed by atoms with Gasteiger partial charge in [-0.15, -0.1) is 0 Å². The molecule has 3 nitrogen and oxygen atoms in total. The Morgan fingerprint density at radius 3 is 2.50 bits per heavy atom. The van der Waals surface area contributed by atoms with Crippen molar-refractivity contribution in [1.29, 1.82) is 0 Å². The molecule has 0 spiro atoms. The number of nitrogens with two attached hydrogens (primary N) is 1. The number of nitrogens with zero attached hydrogens (tertiary/aromatic N) is 1. The fourth-order valence-corrected chi connectivity index (χ4v) is 0.0745. The monoisotopic (exact) mass is 106 g/mol. The van der Waals surface area contributed by atoms with Crippen molar-refractivity contribution in [3.63, 3.8) is 0 Å². The van der Waals surface area contributed by atoms with E-state index in [1.807, 2.05) is 0 Å². The van der Waals surface area contributed by atoms with E-state index in [2.05, 4.69) is 0 Å². The second-order valence-corrected chi connectivity index (χ2v) is 1.54. The molecule has 6 heavy (non-hydrogen) atoms. The molecule has 1 amide bonds. The summed E-state index contributed by atoms with van der Waals surface area (Å²) in [5.41, 5.74) is 0. The molecular formula is C2H6N2OS. The second-order valence-electron chi connectivity index (χ2n) is 0.757. The van der Waals surface area contributed by atoms with Gasteiger partial charge in [-0.25, -0.2) is 0 Å². The molecule has 0 bridgehead atoms. The minimum absolute atomic E-state index is 0.644. The Labute approximate surface area is 40.8 Å². The van der Waals surface area contributed by atoms with Crippen LogP contribution in [0, 0.1) is 0 Å². The van der Waals surface area contributed by atoms with Crippen LogP contribution in [0.4, 0.5) is 0 Å². The average Bonchev–Trinajstić information content (AvgIpc) is 1.65. The Bertz CT molecular complexity index is 48.8. The zero-order valence-corrected chi connectivity index (χ0v) is 4.23. The molecule has 0 fully saturated rings. The van der Waals surface area contributed by atoms with Crippen molar-refractivity contribution in [3.05, 3.63) is 0 Å². The number of rotatable bonds is 2. The molecule has 0 rings (SSSR count). The zero-order valence-electron chi connectivity index (χ0n) is 3.42. The largest absolute Gasteiger partial charge is 0.279 e. The highest BCUT2D eigenvalue weighted by Gasteiger charge is 1.81. The van der Waals surface area contributed by atoms with Gasteiger partial charge < -0.3 is 0 Å². The van der Waals surface area contributed by atoms with E-state index in [4.69, 9.17) is 5.14 Å². The van der Waals surface area contributed by atoms with Crippen LogP contribution in [0.2, 0.25) is 0 Å². The van der Waals surface area contributed by atoms with Crippen molar-refractivity contribution in [2.75, 3.05) is 7.05 Å². The zero-order chi connectivity index (χ0) is 4.99. The normalized spacial score (nSPS) is 7.67. The smallest absolute Gasteiger partial charge is 0.220 e. The van der Waals surface area contributed by atoms with Gasteiger partial charge in [0.1, 0.15) is 0 Å². The van der Waals surface area contributed by atoms with Crippen LogP contribution in [-0.2, 0) is 4.79 Å². The topological polar surface area (TPSA) is 46.3 Å². The second kappa shape index (κ2) is 2.99. The minimum atomic E-state index is 0.644. The first-order chi connectivity index (χ1) is 2.81. The van der Waals surface area contributed by atoms with Crippen LogP contribution < -0.4 is 5.14 Å². The maximum atomic E-state index is 9.56. The third-order valence-electron chi connectivity index (χ3n) is 0.315. The number of carbonyl (C=O) groups excluding carboxylic acids is 1. The molecule has 0 saturated carbocycles. The molecule has 0 aliphatic carbocycles. The molecular weight excluding hydrogens is 100 g/mol. The van der Waals surface area contributed by atoms with E-state index < -0.39 is 0 Å². The van der Waals surface area contributed by atoms with Gasteiger partial charge in [0.15, 0.2) is 0 Å². The molecule has 0 saturated heterocycles. The Morgan fingerprint density at radius 2 is 2.50 bits per heavy atom. The van der Waals surface area contributed by atoms with Crippen LogP contribution in [0.25, 0.3) is 0 Å². The number of amides is 1. The first-order valence-electron chi connectivity index (χ1n) is 1.36. The van der Waals surface area contributed by atoms with E-state index in [0.29, 0.717) is 6.41 Å². The minimum Gasteiger partial charge on any atom is -0.279 e. The van der Waals surface area contributed by atoms with Gasteiger partial charge in [0.05, 0.1) is 0 Å². The van der Waals surface area contributed by atoms with Crippen molar-refractivity contribution < 1.29 is 4.79 Å². The number of hydrogen-bond donors (Lipinski definition) is 1. The van der Waals surface area contributed by atoms with Crippen LogP contribution >= 0.6 is 12.1 Å². The summed E-state index contributed by atoms with van der Waals surface area (Å²) in [4.78, 5) is 9.56. The Kier molecular flexibility index (Phi) is 2.88. The van der Waals surface area contributed by atoms with Gasteiger partial charge in [-0.3, -0.25) is 14.2 Å². The molecule has 36 valence electrons. The molecule has 0 aromatic heterocycles. The van der Waals surface area contributed by atoms with Gasteiger partial charge >= 0.3 is 0 Å². The maximum absolute atomic E-state index is 9.56. The molecule has 0 aromatic carbocycles. The standard InChI is InChI=1S/C2H6N2OS/c1-4(2-5)6-3/h2H,3H2,1H3. The first-order valence-corrected chi connectivity index (χ1v) is 2.20. The van der Waals surface area contributed by atoms with Gasteiger partial charge in [0, 0.05) is 19.2 Å². The van der Waals surface area contributed by atoms with Crippen LogP contribution in [0.3, 0.4) is 0 Å². The molecule has 0 aliphatic rings. The molecule has 0 heterocycles. The van der Waals surface area contributed by atoms with E-state index >= 15 is 0 Å². The highest BCUT2D eigenvalue weighted by molar-refractivity contribution is 7.95. The van der Waals surface area contributed by atoms with Crippen molar-refractivity contribution >= 4 is 18.5 Å². The van der Waals surface area contributed by atoms with Crippen molar-refractivity contribution in [2.45, 2.75) is 0 Å². The number of hydrogen-bond acceptors (Lipinski definition) is 3. The summed E-state index contributed by atoms with van der Waals surface area (Å²) in [6, 6.07) is 0. The SMILES string of the molecule is CN(C=O)SN. The van der Waals surface area contributed by atoms with Gasteiger partial charge in [0.2, 0.25) is 6.41 Å². The third-order valence-corrected chi connectivity index (χ3v) is 0.733. The van der Waals surface area contributed by atoms with E-state index in [9.17, 15) is 4.79 Å². The lowest BCUT2D eigenvalue weighted by Crippen LogP contribution is -2.07. The van der Waals surface area contributed by atoms with Crippen LogP contribution in [0.15, 0.2) is 0 Å². The summed E-state index contributed by atoms with van der Waals surface area (Å²) in [5, 5.41) is 4.89. The fraction of sp³-hybridized carbons (Fsp3) is 0.500. The molecule has 2 N–H and O–H groups in total. The van der Waals surface area contributed by atoms with E-state index in [1.54, 1.807) is 7.05 Å². The summed E-state index contributed by atoms with van der Waals surface area (Å²) in [7, 11) is 1.58. The Hall–Kier alpha value is -0.220. The van der Waals surface area contributed by atoms with Crippen molar-refractivity contribution in [3.8, 4) is 0 Å². The predicted octanol–water partition coefficient (Wildman–Crippen LogP) is -0.404. The van der Waals surface area contributed by atoms with Gasteiger partial charge in [0.25, 0.3) is 0 Å². The summed E-state index contributed by atoms with van der Waals surface area (Å²) in [6.07, 6.45) is 0.644. The highest BCUT2D eigenvalue weighted by atomic mass is 32.2. The Balaban J connectivity index is 2.96. The summed E-state index contributed by atoms with van der Waals surface area (Å²) < 4.78 is 1.26. The molecule has 0 aliphatic heterocycles. The summed E-state index contributed by atoms with van der Waals surface area (Å²) >= 11 is 0.890. The maximum Gasteiger partial charge on any atom is 0.220 e. The van der Waals surface area contributed by atoms with E-state index in [1.165, 1.54) is 4.31 Å². The average molecular weight is 106 g/mol. The molecule has 0 radical (unpaired) electrons. The van der Waals surface area contributed by atoms with Crippen LogP contribution in [0.5, 0.6) is 0 Å². The predicted molar refractivity (Wildman–Crippen MR) is 25.6 cm³/mol. The lowest BCUT2D eigenvalue weighted by Gasteiger charge is -1.99. The molecule has 0 unspecified atom stereocenters. The van der Waals surface area contributed by atoms with E-state index in [-0.39, 0.29) is 0 Å². The van der Waals surface area contributed by atoms with Crippen molar-refractivity contribution in [2.24, 2.45) is 5.14 Å². The summed E-state index contributed by atoms with van der Waals surface area (Å²) in [5.74, 6) is 0. The van der Waals surface area contributed by atoms with Gasteiger partial charge in [-0.2, -0.15) is 0 Å². The van der Waals surface area contributed by atoms with E-state index in [0.717, 1.165) is 12.1 Å². The third kappa shape index (κ3) is 2.04. The van der Waals surface area contributed by atoms with Crippen molar-refractivity contribution in [1.82, 2.24) is 4.31 Å². The van der Waals surface area contributed by atoms with Gasteiger partial charge in [-0.05, 0) is 0 Å². The lowest BCUT2D eigenvalue weighted by molar-refractivity contribution is -0.113. The summed E-state index contributed by atoms with van der Waals surface area (Å²) in [6.45, 7) is 0. The van der Waals surface area contributed by atoms with Crippen LogP contribution in [0.1, 0.15) is 0 Å². The highest BCUT2D eigenvalue weighted by Crippen LogP contribution is 1.86. The van der Waals surface area contributed by atoms with Gasteiger partial charge in [-0.1, -0.05) is 0 Å². The number of carbonyl (C=O) groups is 1. The lowest BCUT2D eigenvalue weighted by atomic mass is 11.2. The first kappa shape index (κ1) is 5.78. The Morgan fingerprint density at radius 1 is 2.00 bits per heavy atom. The molecule has 4 heteroatoms. The van der Waals surface area contributed by atoms with Crippen LogP contribution in [-0.4, -0.2) is 17.8 Å². The molecule has 0 atom stereocenters. The fourth-order valence-electron chi connectivity index (χ4n) is 0.0248. The molecule has 0 aromatic rings.